The maximum atomic E-state index is 9.74. The van der Waals surface area contributed by atoms with Crippen LogP contribution in [-0.2, 0) is 6.42 Å². The molecule has 2 aromatic heterocycles. The molecule has 0 saturated heterocycles. The van der Waals surface area contributed by atoms with Gasteiger partial charge in [0.15, 0.2) is 0 Å². The molecule has 0 saturated carbocycles. The van der Waals surface area contributed by atoms with Crippen LogP contribution in [0.25, 0.3) is 0 Å². The topological polar surface area (TPSA) is 32.3 Å². The van der Waals surface area contributed by atoms with Crippen molar-refractivity contribution >= 4 is 22.7 Å². The van der Waals surface area contributed by atoms with E-state index in [2.05, 4.69) is 54.2 Å². The summed E-state index contributed by atoms with van der Waals surface area (Å²) in [7, 11) is 0. The molecule has 2 nitrogen and oxygen atoms in total. The van der Waals surface area contributed by atoms with E-state index in [0.717, 1.165) is 25.8 Å². The van der Waals surface area contributed by atoms with Crippen molar-refractivity contribution in [2.24, 2.45) is 5.41 Å². The highest BCUT2D eigenvalue weighted by Crippen LogP contribution is 2.29. The fourth-order valence-corrected chi connectivity index (χ4v) is 4.07. The first kappa shape index (κ1) is 16.7. The zero-order valence-corrected chi connectivity index (χ0v) is 14.5. The fourth-order valence-electron chi connectivity index (χ4n) is 2.51. The molecule has 1 atom stereocenters. The van der Waals surface area contributed by atoms with Crippen molar-refractivity contribution in [1.29, 1.82) is 0 Å². The minimum atomic E-state index is 0.00492. The minimum Gasteiger partial charge on any atom is -0.396 e. The van der Waals surface area contributed by atoms with Crippen molar-refractivity contribution in [2.45, 2.75) is 39.2 Å². The Morgan fingerprint density at radius 2 is 1.86 bits per heavy atom. The maximum absolute atomic E-state index is 9.74. The lowest BCUT2D eigenvalue weighted by Crippen LogP contribution is -2.38. The van der Waals surface area contributed by atoms with Gasteiger partial charge >= 0.3 is 0 Å². The molecule has 21 heavy (non-hydrogen) atoms. The van der Waals surface area contributed by atoms with E-state index in [1.54, 1.807) is 11.3 Å². The third kappa shape index (κ3) is 4.39. The van der Waals surface area contributed by atoms with Gasteiger partial charge in [0.25, 0.3) is 0 Å². The van der Waals surface area contributed by atoms with Gasteiger partial charge in [-0.15, -0.1) is 22.7 Å². The van der Waals surface area contributed by atoms with Gasteiger partial charge in [0.05, 0.1) is 0 Å². The van der Waals surface area contributed by atoms with Crippen molar-refractivity contribution in [3.05, 3.63) is 44.8 Å². The largest absolute Gasteiger partial charge is 0.396 e. The van der Waals surface area contributed by atoms with Crippen molar-refractivity contribution in [3.8, 4) is 0 Å². The number of aliphatic hydroxyl groups excluding tert-OH is 1. The van der Waals surface area contributed by atoms with Gasteiger partial charge in [-0.3, -0.25) is 0 Å². The van der Waals surface area contributed by atoms with E-state index in [-0.39, 0.29) is 12.0 Å². The molecule has 0 bridgehead atoms. The van der Waals surface area contributed by atoms with Crippen LogP contribution < -0.4 is 5.32 Å². The van der Waals surface area contributed by atoms with Crippen LogP contribution in [0.1, 0.15) is 42.5 Å². The minimum absolute atomic E-state index is 0.00492. The molecule has 1 unspecified atom stereocenters. The number of aliphatic hydroxyl groups is 1. The summed E-state index contributed by atoms with van der Waals surface area (Å²) in [6.45, 7) is 5.45. The molecule has 0 spiro atoms. The lowest BCUT2D eigenvalue weighted by molar-refractivity contribution is 0.110. The first-order chi connectivity index (χ1) is 10.2. The molecule has 0 aliphatic carbocycles. The van der Waals surface area contributed by atoms with E-state index in [9.17, 15) is 5.11 Å². The molecule has 2 rings (SSSR count). The summed E-state index contributed by atoms with van der Waals surface area (Å²) in [5.74, 6) is 0. The molecule has 0 fully saturated rings. The first-order valence-electron chi connectivity index (χ1n) is 7.63. The van der Waals surface area contributed by atoms with Gasteiger partial charge in [-0.1, -0.05) is 26.0 Å². The van der Waals surface area contributed by atoms with E-state index >= 15 is 0 Å². The monoisotopic (exact) mass is 323 g/mol. The Labute approximate surface area is 135 Å². The summed E-state index contributed by atoms with van der Waals surface area (Å²) in [5, 5.41) is 17.7. The van der Waals surface area contributed by atoms with Gasteiger partial charge in [-0.2, -0.15) is 0 Å². The van der Waals surface area contributed by atoms with Crippen LogP contribution in [0.4, 0.5) is 0 Å². The zero-order valence-electron chi connectivity index (χ0n) is 12.8. The van der Waals surface area contributed by atoms with E-state index in [1.807, 2.05) is 11.3 Å². The van der Waals surface area contributed by atoms with Gasteiger partial charge in [0, 0.05) is 40.8 Å². The molecule has 0 radical (unpaired) electrons. The average molecular weight is 324 g/mol. The lowest BCUT2D eigenvalue weighted by Gasteiger charge is -2.32. The number of hydrogen-bond acceptors (Lipinski definition) is 4. The summed E-state index contributed by atoms with van der Waals surface area (Å²) in [6.07, 6.45) is 3.03. The lowest BCUT2D eigenvalue weighted by atomic mass is 9.83. The molecule has 116 valence electrons. The maximum Gasteiger partial charge on any atom is 0.0499 e. The highest BCUT2D eigenvalue weighted by atomic mass is 32.1. The van der Waals surface area contributed by atoms with Gasteiger partial charge in [-0.05, 0) is 35.7 Å². The van der Waals surface area contributed by atoms with E-state index < -0.39 is 0 Å². The molecule has 0 aromatic carbocycles. The molecule has 2 heterocycles. The molecular formula is C17H25NOS2. The first-order valence-corrected chi connectivity index (χ1v) is 9.39. The Morgan fingerprint density at radius 3 is 2.38 bits per heavy atom. The summed E-state index contributed by atoms with van der Waals surface area (Å²) >= 11 is 3.62. The third-order valence-corrected chi connectivity index (χ3v) is 6.32. The normalized spacial score (nSPS) is 13.5. The van der Waals surface area contributed by atoms with Crippen molar-refractivity contribution < 1.29 is 5.11 Å². The Morgan fingerprint density at radius 1 is 1.14 bits per heavy atom. The molecule has 2 N–H and O–H groups in total. The second-order valence-corrected chi connectivity index (χ2v) is 7.61. The van der Waals surface area contributed by atoms with Gasteiger partial charge in [0.1, 0.15) is 0 Å². The van der Waals surface area contributed by atoms with Gasteiger partial charge in [-0.25, -0.2) is 0 Å². The second-order valence-electron chi connectivity index (χ2n) is 5.60. The van der Waals surface area contributed by atoms with Crippen molar-refractivity contribution in [2.75, 3.05) is 13.2 Å². The highest BCUT2D eigenvalue weighted by Gasteiger charge is 2.26. The second kappa shape index (κ2) is 8.08. The number of hydrogen-bond donors (Lipinski definition) is 2. The average Bonchev–Trinajstić information content (AvgIpc) is 3.21. The van der Waals surface area contributed by atoms with Crippen LogP contribution in [0.15, 0.2) is 35.0 Å². The van der Waals surface area contributed by atoms with E-state index in [0.29, 0.717) is 6.04 Å². The Kier molecular flexibility index (Phi) is 6.42. The molecule has 0 aliphatic rings. The predicted octanol–water partition coefficient (Wildman–Crippen LogP) is 4.48. The highest BCUT2D eigenvalue weighted by molar-refractivity contribution is 7.10. The predicted molar refractivity (Wildman–Crippen MR) is 93.2 cm³/mol. The molecule has 4 heteroatoms. The van der Waals surface area contributed by atoms with E-state index in [1.165, 1.54) is 9.75 Å². The molecule has 2 aromatic rings. The summed E-state index contributed by atoms with van der Waals surface area (Å²) in [4.78, 5) is 2.78. The Hall–Kier alpha value is -0.680. The molecule has 0 amide bonds. The summed E-state index contributed by atoms with van der Waals surface area (Å²) in [5.41, 5.74) is 0.00492. The third-order valence-electron chi connectivity index (χ3n) is 4.43. The van der Waals surface area contributed by atoms with Crippen LogP contribution in [0, 0.1) is 5.41 Å². The fraction of sp³-hybridized carbons (Fsp3) is 0.529. The number of thiophene rings is 2. The zero-order chi connectivity index (χ0) is 15.1. The quantitative estimate of drug-likeness (QED) is 0.713. The van der Waals surface area contributed by atoms with Crippen LogP contribution >= 0.6 is 22.7 Å². The molecule has 0 aliphatic heterocycles. The van der Waals surface area contributed by atoms with Gasteiger partial charge in [0.2, 0.25) is 0 Å². The van der Waals surface area contributed by atoms with Gasteiger partial charge < -0.3 is 10.4 Å². The Balaban J connectivity index is 2.06. The smallest absolute Gasteiger partial charge is 0.0499 e. The summed E-state index contributed by atoms with van der Waals surface area (Å²) < 4.78 is 0. The standard InChI is InChI=1S/C17H25NOS2/c1-3-17(4-2,13-19)12-18-15(16-8-6-10-21-16)11-14-7-5-9-20-14/h5-10,15,18-19H,3-4,11-13H2,1-2H3. The van der Waals surface area contributed by atoms with Crippen molar-refractivity contribution in [3.63, 3.8) is 0 Å². The van der Waals surface area contributed by atoms with Crippen LogP contribution in [-0.4, -0.2) is 18.3 Å². The Bertz CT molecular complexity index is 481. The number of nitrogens with one attached hydrogen (secondary N) is 1. The van der Waals surface area contributed by atoms with Crippen LogP contribution in [0.2, 0.25) is 0 Å². The summed E-state index contributed by atoms with van der Waals surface area (Å²) in [6, 6.07) is 8.97. The van der Waals surface area contributed by atoms with E-state index in [4.69, 9.17) is 0 Å². The molecular weight excluding hydrogens is 298 g/mol. The van der Waals surface area contributed by atoms with Crippen LogP contribution in [0.3, 0.4) is 0 Å². The van der Waals surface area contributed by atoms with Crippen molar-refractivity contribution in [1.82, 2.24) is 5.32 Å². The SMILES string of the molecule is CCC(CC)(CO)CNC(Cc1cccs1)c1cccs1. The number of rotatable bonds is 9. The van der Waals surface area contributed by atoms with Crippen LogP contribution in [0.5, 0.6) is 0 Å².